The molecular weight excluding hydrogens is 361 g/mol. The van der Waals surface area contributed by atoms with Gasteiger partial charge in [0.25, 0.3) is 0 Å². The van der Waals surface area contributed by atoms with Gasteiger partial charge >= 0.3 is 5.97 Å². The Hall–Kier alpha value is -1.34. The van der Waals surface area contributed by atoms with E-state index in [1.54, 1.807) is 6.07 Å². The van der Waals surface area contributed by atoms with Crippen molar-refractivity contribution in [1.29, 1.82) is 0 Å². The summed E-state index contributed by atoms with van der Waals surface area (Å²) in [6.45, 7) is 0. The molecule has 0 unspecified atom stereocenters. The topological polar surface area (TPSA) is 66.4 Å². The molecule has 0 saturated carbocycles. The smallest absolute Gasteiger partial charge is 0.326 e. The molecule has 7 heteroatoms. The highest BCUT2D eigenvalue weighted by Gasteiger charge is 2.18. The number of thioether (sulfide) groups is 1. The van der Waals surface area contributed by atoms with Gasteiger partial charge < -0.3 is 10.4 Å². The Morgan fingerprint density at radius 2 is 2.24 bits per heavy atom. The van der Waals surface area contributed by atoms with E-state index >= 15 is 0 Å². The Bertz CT molecular complexity index is 551. The molecule has 1 atom stereocenters. The van der Waals surface area contributed by atoms with Crippen LogP contribution in [0.1, 0.15) is 12.0 Å². The van der Waals surface area contributed by atoms with Crippen LogP contribution in [0.4, 0.5) is 4.39 Å². The van der Waals surface area contributed by atoms with Crippen molar-refractivity contribution in [3.63, 3.8) is 0 Å². The van der Waals surface area contributed by atoms with Crippen LogP contribution in [0.2, 0.25) is 0 Å². The van der Waals surface area contributed by atoms with Gasteiger partial charge in [0.05, 0.1) is 0 Å². The molecule has 1 aromatic carbocycles. The molecule has 0 bridgehead atoms. The Morgan fingerprint density at radius 3 is 2.86 bits per heavy atom. The number of benzene rings is 1. The quantitative estimate of drug-likeness (QED) is 0.719. The maximum atomic E-state index is 13.5. The van der Waals surface area contributed by atoms with Gasteiger partial charge in [0.15, 0.2) is 0 Å². The van der Waals surface area contributed by atoms with Crippen LogP contribution in [0.15, 0.2) is 28.7 Å². The summed E-state index contributed by atoms with van der Waals surface area (Å²) in [4.78, 5) is 22.7. The van der Waals surface area contributed by atoms with Crippen molar-refractivity contribution in [2.24, 2.45) is 0 Å². The van der Waals surface area contributed by atoms with Crippen LogP contribution in [0.3, 0.4) is 0 Å². The molecular formula is C14H15BrFNO3S. The average Bonchev–Trinajstić information content (AvgIpc) is 2.44. The highest BCUT2D eigenvalue weighted by atomic mass is 79.9. The lowest BCUT2D eigenvalue weighted by Gasteiger charge is -2.12. The summed E-state index contributed by atoms with van der Waals surface area (Å²) in [5, 5.41) is 11.4. The van der Waals surface area contributed by atoms with Gasteiger partial charge in [-0.2, -0.15) is 11.8 Å². The van der Waals surface area contributed by atoms with E-state index < -0.39 is 23.7 Å². The number of carbonyl (C=O) groups excluding carboxylic acids is 1. The van der Waals surface area contributed by atoms with Gasteiger partial charge in [0.2, 0.25) is 5.91 Å². The van der Waals surface area contributed by atoms with Crippen molar-refractivity contribution < 1.29 is 19.1 Å². The molecule has 114 valence electrons. The van der Waals surface area contributed by atoms with Crippen molar-refractivity contribution >= 4 is 45.6 Å². The SMILES string of the molecule is CSCC[C@H](NC(=O)/C=C/c1cc(Br)ccc1F)C(=O)O. The van der Waals surface area contributed by atoms with Gasteiger partial charge in [-0.3, -0.25) is 4.79 Å². The van der Waals surface area contributed by atoms with E-state index in [2.05, 4.69) is 21.2 Å². The van der Waals surface area contributed by atoms with Crippen LogP contribution in [0, 0.1) is 5.82 Å². The molecule has 2 N–H and O–H groups in total. The Balaban J connectivity index is 2.68. The first-order valence-corrected chi connectivity index (χ1v) is 8.28. The van der Waals surface area contributed by atoms with E-state index in [9.17, 15) is 14.0 Å². The summed E-state index contributed by atoms with van der Waals surface area (Å²) in [5.41, 5.74) is 0.246. The molecule has 1 aromatic rings. The van der Waals surface area contributed by atoms with Crippen LogP contribution in [0.25, 0.3) is 6.08 Å². The van der Waals surface area contributed by atoms with Crippen LogP contribution >= 0.6 is 27.7 Å². The van der Waals surface area contributed by atoms with Gasteiger partial charge in [0.1, 0.15) is 11.9 Å². The van der Waals surface area contributed by atoms with Gasteiger partial charge in [-0.1, -0.05) is 15.9 Å². The summed E-state index contributed by atoms with van der Waals surface area (Å²) in [5.74, 6) is -1.48. The second-order valence-electron chi connectivity index (χ2n) is 4.18. The summed E-state index contributed by atoms with van der Waals surface area (Å²) in [6, 6.07) is 3.42. The summed E-state index contributed by atoms with van der Waals surface area (Å²) in [7, 11) is 0. The first kappa shape index (κ1) is 17.7. The lowest BCUT2D eigenvalue weighted by atomic mass is 10.2. The van der Waals surface area contributed by atoms with Gasteiger partial charge in [0, 0.05) is 16.1 Å². The predicted molar refractivity (Wildman–Crippen MR) is 85.7 cm³/mol. The zero-order chi connectivity index (χ0) is 15.8. The number of carbonyl (C=O) groups is 2. The van der Waals surface area contributed by atoms with E-state index in [0.717, 1.165) is 6.08 Å². The molecule has 1 rings (SSSR count). The fourth-order valence-electron chi connectivity index (χ4n) is 1.52. The lowest BCUT2D eigenvalue weighted by molar-refractivity contribution is -0.141. The zero-order valence-electron chi connectivity index (χ0n) is 11.3. The first-order valence-electron chi connectivity index (χ1n) is 6.09. The van der Waals surface area contributed by atoms with E-state index in [1.807, 2.05) is 6.26 Å². The number of halogens is 2. The number of nitrogens with one attached hydrogen (secondary N) is 1. The molecule has 0 aliphatic carbocycles. The summed E-state index contributed by atoms with van der Waals surface area (Å²) in [6.07, 6.45) is 4.63. The van der Waals surface area contributed by atoms with Crippen molar-refractivity contribution in [2.75, 3.05) is 12.0 Å². The number of amides is 1. The Labute approximate surface area is 134 Å². The second kappa shape index (κ2) is 8.84. The van der Waals surface area contributed by atoms with Gasteiger partial charge in [-0.15, -0.1) is 0 Å². The molecule has 0 spiro atoms. The Morgan fingerprint density at radius 1 is 1.52 bits per heavy atom. The lowest BCUT2D eigenvalue weighted by Crippen LogP contribution is -2.40. The average molecular weight is 376 g/mol. The molecule has 0 heterocycles. The fraction of sp³-hybridized carbons (Fsp3) is 0.286. The van der Waals surface area contributed by atoms with E-state index in [0.29, 0.717) is 16.6 Å². The minimum atomic E-state index is -1.08. The number of aliphatic carboxylic acids is 1. The molecule has 0 aliphatic heterocycles. The molecule has 21 heavy (non-hydrogen) atoms. The molecule has 0 aliphatic rings. The van der Waals surface area contributed by atoms with Crippen LogP contribution in [0.5, 0.6) is 0 Å². The second-order valence-corrected chi connectivity index (χ2v) is 6.08. The first-order chi connectivity index (χ1) is 9.93. The Kier molecular flexibility index (Phi) is 7.45. The van der Waals surface area contributed by atoms with Crippen molar-refractivity contribution in [3.8, 4) is 0 Å². The molecule has 0 saturated heterocycles. The minimum Gasteiger partial charge on any atom is -0.480 e. The standard InChI is InChI=1S/C14H15BrFNO3S/c1-21-7-6-12(14(19)20)17-13(18)5-2-9-8-10(15)3-4-11(9)16/h2-5,8,12H,6-7H2,1H3,(H,17,18)(H,19,20)/b5-2+/t12-/m0/s1. The van der Waals surface area contributed by atoms with Crippen LogP contribution < -0.4 is 5.32 Å². The van der Waals surface area contributed by atoms with E-state index in [-0.39, 0.29) is 5.56 Å². The molecule has 0 radical (unpaired) electrons. The van der Waals surface area contributed by atoms with Gasteiger partial charge in [-0.25, -0.2) is 9.18 Å². The molecule has 1 amide bonds. The maximum absolute atomic E-state index is 13.5. The van der Waals surface area contributed by atoms with Gasteiger partial charge in [-0.05, 0) is 42.7 Å². The van der Waals surface area contributed by atoms with Crippen LogP contribution in [-0.4, -0.2) is 35.0 Å². The van der Waals surface area contributed by atoms with Crippen molar-refractivity contribution in [1.82, 2.24) is 5.32 Å². The number of carboxylic acids is 1. The number of hydrogen-bond donors (Lipinski definition) is 2. The third-order valence-electron chi connectivity index (χ3n) is 2.60. The highest BCUT2D eigenvalue weighted by molar-refractivity contribution is 9.10. The third-order valence-corrected chi connectivity index (χ3v) is 3.73. The fourth-order valence-corrected chi connectivity index (χ4v) is 2.37. The monoisotopic (exact) mass is 375 g/mol. The number of hydrogen-bond acceptors (Lipinski definition) is 3. The largest absolute Gasteiger partial charge is 0.480 e. The van der Waals surface area contributed by atoms with Crippen molar-refractivity contribution in [2.45, 2.75) is 12.5 Å². The van der Waals surface area contributed by atoms with E-state index in [1.165, 1.54) is 30.0 Å². The number of rotatable bonds is 7. The van der Waals surface area contributed by atoms with Crippen LogP contribution in [-0.2, 0) is 9.59 Å². The third kappa shape index (κ3) is 6.31. The minimum absolute atomic E-state index is 0.246. The molecule has 0 aromatic heterocycles. The maximum Gasteiger partial charge on any atom is 0.326 e. The molecule has 4 nitrogen and oxygen atoms in total. The number of carboxylic acid groups (broad SMARTS) is 1. The molecule has 0 fully saturated rings. The summed E-state index contributed by atoms with van der Waals surface area (Å²) >= 11 is 4.71. The summed E-state index contributed by atoms with van der Waals surface area (Å²) < 4.78 is 14.2. The predicted octanol–water partition coefficient (Wildman–Crippen LogP) is 2.92. The normalized spacial score (nSPS) is 12.3. The highest BCUT2D eigenvalue weighted by Crippen LogP contribution is 2.16. The zero-order valence-corrected chi connectivity index (χ0v) is 13.7. The van der Waals surface area contributed by atoms with Crippen molar-refractivity contribution in [3.05, 3.63) is 40.1 Å². The van der Waals surface area contributed by atoms with E-state index in [4.69, 9.17) is 5.11 Å².